The Balaban J connectivity index is 3.19. The zero-order valence-electron chi connectivity index (χ0n) is 6.52. The van der Waals surface area contributed by atoms with Crippen molar-refractivity contribution in [3.8, 4) is 0 Å². The van der Waals surface area contributed by atoms with Crippen LogP contribution in [0.3, 0.4) is 0 Å². The number of carbonyl (C=O) groups excluding carboxylic acids is 1. The Bertz CT molecular complexity index is 116. The van der Waals surface area contributed by atoms with Crippen molar-refractivity contribution in [3.05, 3.63) is 18.6 Å². The van der Waals surface area contributed by atoms with Crippen LogP contribution in [0, 0.1) is 5.92 Å². The first kappa shape index (κ1) is 9.21. The van der Waals surface area contributed by atoms with E-state index in [0.717, 1.165) is 6.42 Å². The lowest BCUT2D eigenvalue weighted by molar-refractivity contribution is -0.137. The average Bonchev–Trinajstić information content (AvgIpc) is 1.87. The molecule has 0 aromatic heterocycles. The van der Waals surface area contributed by atoms with Gasteiger partial charge >= 0.3 is 5.97 Å². The minimum atomic E-state index is -0.346. The van der Waals surface area contributed by atoms with E-state index in [1.807, 2.05) is 13.8 Å². The molecule has 0 bridgehead atoms. The Hall–Kier alpha value is -0.790. The van der Waals surface area contributed by atoms with Crippen LogP contribution in [0.25, 0.3) is 0 Å². The molecule has 0 aromatic carbocycles. The van der Waals surface area contributed by atoms with Crippen LogP contribution in [0.4, 0.5) is 0 Å². The minimum Gasteiger partial charge on any atom is -0.463 e. The molecule has 0 heterocycles. The highest BCUT2D eigenvalue weighted by atomic mass is 16.5. The molecule has 0 aliphatic rings. The van der Waals surface area contributed by atoms with Gasteiger partial charge in [-0.1, -0.05) is 20.4 Å². The van der Waals surface area contributed by atoms with E-state index in [1.54, 1.807) is 0 Å². The van der Waals surface area contributed by atoms with Gasteiger partial charge in [-0.3, -0.25) is 0 Å². The molecule has 0 saturated heterocycles. The third-order valence-electron chi connectivity index (χ3n) is 1.01. The summed E-state index contributed by atoms with van der Waals surface area (Å²) < 4.78 is 4.72. The molecule has 10 heavy (non-hydrogen) atoms. The van der Waals surface area contributed by atoms with E-state index in [9.17, 15) is 4.79 Å². The Kier molecular flexibility index (Phi) is 4.63. The molecule has 0 unspecified atom stereocenters. The predicted molar refractivity (Wildman–Crippen MR) is 40.4 cm³/mol. The second-order valence-corrected chi connectivity index (χ2v) is 2.33. The molecule has 0 fully saturated rings. The summed E-state index contributed by atoms with van der Waals surface area (Å²) in [4.78, 5) is 10.4. The van der Waals surface area contributed by atoms with Crippen molar-refractivity contribution < 1.29 is 9.53 Å². The highest BCUT2D eigenvalue weighted by Crippen LogP contribution is 2.01. The lowest BCUT2D eigenvalue weighted by Crippen LogP contribution is -2.03. The summed E-state index contributed by atoms with van der Waals surface area (Å²) >= 11 is 0. The van der Waals surface area contributed by atoms with E-state index in [-0.39, 0.29) is 5.97 Å². The molecule has 0 aromatic rings. The number of hydrogen-bond acceptors (Lipinski definition) is 2. The molecule has 0 amide bonds. The fourth-order valence-electron chi connectivity index (χ4n) is 0.415. The number of hydrogen-bond donors (Lipinski definition) is 0. The van der Waals surface area contributed by atoms with Gasteiger partial charge < -0.3 is 4.74 Å². The fourth-order valence-corrected chi connectivity index (χ4v) is 0.415. The van der Waals surface area contributed by atoms with Crippen LogP contribution in [-0.4, -0.2) is 12.6 Å². The van der Waals surface area contributed by atoms with Crippen molar-refractivity contribution in [2.24, 2.45) is 0 Å². The fraction of sp³-hybridized carbons (Fsp3) is 0.500. The third kappa shape index (κ3) is 5.35. The summed E-state index contributed by atoms with van der Waals surface area (Å²) in [7, 11) is 0. The molecule has 1 radical (unpaired) electrons. The predicted octanol–water partition coefficient (Wildman–Crippen LogP) is 1.72. The van der Waals surface area contributed by atoms with Crippen LogP contribution in [0.5, 0.6) is 0 Å². The first-order chi connectivity index (χ1) is 4.66. The molecule has 0 saturated carbocycles. The molecule has 0 rings (SSSR count). The first-order valence-electron chi connectivity index (χ1n) is 3.25. The number of rotatable bonds is 4. The van der Waals surface area contributed by atoms with Crippen molar-refractivity contribution in [1.82, 2.24) is 0 Å². The van der Waals surface area contributed by atoms with E-state index in [4.69, 9.17) is 4.74 Å². The van der Waals surface area contributed by atoms with Gasteiger partial charge in [-0.2, -0.15) is 0 Å². The van der Waals surface area contributed by atoms with Crippen molar-refractivity contribution in [2.75, 3.05) is 6.61 Å². The summed E-state index contributed by atoms with van der Waals surface area (Å²) in [5, 5.41) is 0. The van der Waals surface area contributed by atoms with Gasteiger partial charge in [0, 0.05) is 6.08 Å². The molecular formula is C8H13O2. The zero-order chi connectivity index (χ0) is 7.98. The van der Waals surface area contributed by atoms with Gasteiger partial charge in [0.05, 0.1) is 6.61 Å². The molecule has 0 atom stereocenters. The van der Waals surface area contributed by atoms with Crippen LogP contribution < -0.4 is 0 Å². The van der Waals surface area contributed by atoms with Crippen molar-refractivity contribution >= 4 is 5.97 Å². The monoisotopic (exact) mass is 141 g/mol. The number of esters is 1. The largest absolute Gasteiger partial charge is 0.463 e. The molecule has 0 aliphatic heterocycles. The van der Waals surface area contributed by atoms with Gasteiger partial charge in [-0.15, -0.1) is 0 Å². The van der Waals surface area contributed by atoms with Crippen LogP contribution in [0.2, 0.25) is 0 Å². The summed E-state index contributed by atoms with van der Waals surface area (Å²) in [5.74, 6) is 0.915. The van der Waals surface area contributed by atoms with Crippen LogP contribution in [-0.2, 0) is 9.53 Å². The van der Waals surface area contributed by atoms with Crippen molar-refractivity contribution in [1.29, 1.82) is 0 Å². The van der Waals surface area contributed by atoms with Gasteiger partial charge in [-0.25, -0.2) is 4.79 Å². The second-order valence-electron chi connectivity index (χ2n) is 2.33. The van der Waals surface area contributed by atoms with Gasteiger partial charge in [0.25, 0.3) is 0 Å². The summed E-state index contributed by atoms with van der Waals surface area (Å²) in [5.41, 5.74) is 0. The maximum atomic E-state index is 10.4. The minimum absolute atomic E-state index is 0.346. The Morgan fingerprint density at radius 2 is 2.20 bits per heavy atom. The topological polar surface area (TPSA) is 26.3 Å². The molecule has 2 nitrogen and oxygen atoms in total. The van der Waals surface area contributed by atoms with E-state index < -0.39 is 0 Å². The molecule has 0 N–H and O–H groups in total. The average molecular weight is 141 g/mol. The van der Waals surface area contributed by atoms with Gasteiger partial charge in [0.1, 0.15) is 0 Å². The summed E-state index contributed by atoms with van der Waals surface area (Å²) in [6.07, 6.45) is 2.00. The SMILES string of the molecule is C=CC(=O)OCC[C](C)C. The standard InChI is InChI=1S/C8H13O2/c1-4-8(9)10-6-5-7(2)3/h4H,1,5-6H2,2-3H3. The van der Waals surface area contributed by atoms with Crippen molar-refractivity contribution in [2.45, 2.75) is 20.3 Å². The Labute approximate surface area is 61.9 Å². The molecule has 57 valence electrons. The van der Waals surface area contributed by atoms with E-state index in [0.29, 0.717) is 6.61 Å². The first-order valence-corrected chi connectivity index (χ1v) is 3.25. The maximum absolute atomic E-state index is 10.4. The third-order valence-corrected chi connectivity index (χ3v) is 1.01. The summed E-state index contributed by atoms with van der Waals surface area (Å²) in [6.45, 7) is 7.75. The summed E-state index contributed by atoms with van der Waals surface area (Å²) in [6, 6.07) is 0. The lowest BCUT2D eigenvalue weighted by Gasteiger charge is -2.02. The zero-order valence-corrected chi connectivity index (χ0v) is 6.52. The Morgan fingerprint density at radius 3 is 2.60 bits per heavy atom. The number of ether oxygens (including phenoxy) is 1. The van der Waals surface area contributed by atoms with Gasteiger partial charge in [-0.05, 0) is 12.3 Å². The van der Waals surface area contributed by atoms with Gasteiger partial charge in [0.2, 0.25) is 0 Å². The lowest BCUT2D eigenvalue weighted by atomic mass is 10.1. The molecular weight excluding hydrogens is 128 g/mol. The van der Waals surface area contributed by atoms with Crippen LogP contribution in [0.15, 0.2) is 12.7 Å². The maximum Gasteiger partial charge on any atom is 0.330 e. The highest BCUT2D eigenvalue weighted by Gasteiger charge is 1.97. The van der Waals surface area contributed by atoms with Crippen molar-refractivity contribution in [3.63, 3.8) is 0 Å². The van der Waals surface area contributed by atoms with Crippen LogP contribution in [0.1, 0.15) is 20.3 Å². The van der Waals surface area contributed by atoms with E-state index in [2.05, 4.69) is 6.58 Å². The normalized spacial score (nSPS) is 9.50. The second kappa shape index (κ2) is 5.03. The number of carbonyl (C=O) groups is 1. The Morgan fingerprint density at radius 1 is 1.60 bits per heavy atom. The van der Waals surface area contributed by atoms with E-state index >= 15 is 0 Å². The smallest absolute Gasteiger partial charge is 0.330 e. The quantitative estimate of drug-likeness (QED) is 0.440. The van der Waals surface area contributed by atoms with Gasteiger partial charge in [0.15, 0.2) is 0 Å². The highest BCUT2D eigenvalue weighted by molar-refractivity contribution is 5.81. The molecule has 0 spiro atoms. The molecule has 0 aliphatic carbocycles. The van der Waals surface area contributed by atoms with E-state index in [1.165, 1.54) is 12.0 Å². The van der Waals surface area contributed by atoms with Crippen LogP contribution >= 0.6 is 0 Å². The molecule has 2 heteroatoms.